The van der Waals surface area contributed by atoms with Crippen LogP contribution in [0.25, 0.3) is 0 Å². The fourth-order valence-corrected chi connectivity index (χ4v) is 2.75. The van der Waals surface area contributed by atoms with Gasteiger partial charge in [-0.3, -0.25) is 4.79 Å². The van der Waals surface area contributed by atoms with Gasteiger partial charge in [0, 0.05) is 19.1 Å². The number of nitrogens with one attached hydrogen (secondary N) is 3. The standard InChI is InChI=1S/C16H31N3O3/c1-6-17-14(20)11(2)19-13-9-7-8-12(13)10-18-15(21)22-16(3,4)5/h11-13,19H,6-10H2,1-5H3,(H,17,20)(H,18,21). The van der Waals surface area contributed by atoms with Crippen LogP contribution in [0.2, 0.25) is 0 Å². The van der Waals surface area contributed by atoms with Gasteiger partial charge in [-0.1, -0.05) is 6.42 Å². The van der Waals surface area contributed by atoms with Crippen molar-refractivity contribution in [2.45, 2.75) is 71.6 Å². The molecule has 22 heavy (non-hydrogen) atoms. The largest absolute Gasteiger partial charge is 0.444 e. The van der Waals surface area contributed by atoms with Crippen LogP contribution < -0.4 is 16.0 Å². The molecular formula is C16H31N3O3. The third-order valence-corrected chi connectivity index (χ3v) is 3.77. The number of alkyl carbamates (subject to hydrolysis) is 1. The van der Waals surface area contributed by atoms with E-state index < -0.39 is 5.60 Å². The van der Waals surface area contributed by atoms with Crippen LogP contribution in [0, 0.1) is 5.92 Å². The van der Waals surface area contributed by atoms with Crippen LogP contribution >= 0.6 is 0 Å². The summed E-state index contributed by atoms with van der Waals surface area (Å²) in [6, 6.07) is 0.0413. The Kier molecular flexibility index (Phi) is 7.13. The molecule has 3 atom stereocenters. The normalized spacial score (nSPS) is 23.0. The maximum absolute atomic E-state index is 11.8. The minimum Gasteiger partial charge on any atom is -0.444 e. The van der Waals surface area contributed by atoms with Crippen molar-refractivity contribution in [1.29, 1.82) is 0 Å². The van der Waals surface area contributed by atoms with Crippen molar-refractivity contribution in [3.63, 3.8) is 0 Å². The van der Waals surface area contributed by atoms with Crippen LogP contribution in [-0.2, 0) is 9.53 Å². The third-order valence-electron chi connectivity index (χ3n) is 3.77. The first kappa shape index (κ1) is 18.7. The molecular weight excluding hydrogens is 282 g/mol. The maximum atomic E-state index is 11.8. The Labute approximate surface area is 133 Å². The molecule has 0 heterocycles. The molecule has 128 valence electrons. The zero-order valence-electron chi connectivity index (χ0n) is 14.5. The molecule has 0 bridgehead atoms. The number of likely N-dealkylation sites (N-methyl/N-ethyl adjacent to an activating group) is 1. The molecule has 0 aromatic rings. The Bertz CT molecular complexity index is 379. The van der Waals surface area contributed by atoms with E-state index in [0.29, 0.717) is 19.0 Å². The second-order valence-electron chi connectivity index (χ2n) is 6.96. The second kappa shape index (κ2) is 8.36. The van der Waals surface area contributed by atoms with E-state index in [1.807, 2.05) is 34.6 Å². The number of hydrogen-bond donors (Lipinski definition) is 3. The molecule has 0 saturated heterocycles. The highest BCUT2D eigenvalue weighted by molar-refractivity contribution is 5.81. The van der Waals surface area contributed by atoms with Crippen molar-refractivity contribution >= 4 is 12.0 Å². The lowest BCUT2D eigenvalue weighted by Gasteiger charge is -2.25. The van der Waals surface area contributed by atoms with E-state index in [-0.39, 0.29) is 24.1 Å². The van der Waals surface area contributed by atoms with E-state index in [9.17, 15) is 9.59 Å². The molecule has 1 rings (SSSR count). The summed E-state index contributed by atoms with van der Waals surface area (Å²) in [5.41, 5.74) is -0.482. The summed E-state index contributed by atoms with van der Waals surface area (Å²) < 4.78 is 5.25. The molecule has 0 radical (unpaired) electrons. The molecule has 6 nitrogen and oxygen atoms in total. The first-order valence-electron chi connectivity index (χ1n) is 8.23. The molecule has 1 aliphatic carbocycles. The lowest BCUT2D eigenvalue weighted by Crippen LogP contribution is -2.49. The highest BCUT2D eigenvalue weighted by Crippen LogP contribution is 2.25. The first-order valence-corrected chi connectivity index (χ1v) is 8.23. The van der Waals surface area contributed by atoms with Crippen molar-refractivity contribution in [2.75, 3.05) is 13.1 Å². The number of rotatable bonds is 6. The molecule has 0 aromatic heterocycles. The van der Waals surface area contributed by atoms with Gasteiger partial charge in [-0.05, 0) is 53.4 Å². The van der Waals surface area contributed by atoms with Crippen molar-refractivity contribution in [1.82, 2.24) is 16.0 Å². The summed E-state index contributed by atoms with van der Waals surface area (Å²) in [6.45, 7) is 10.5. The topological polar surface area (TPSA) is 79.5 Å². The summed E-state index contributed by atoms with van der Waals surface area (Å²) in [5.74, 6) is 0.359. The second-order valence-corrected chi connectivity index (χ2v) is 6.96. The van der Waals surface area contributed by atoms with Gasteiger partial charge in [-0.15, -0.1) is 0 Å². The zero-order chi connectivity index (χ0) is 16.8. The van der Waals surface area contributed by atoms with Gasteiger partial charge >= 0.3 is 6.09 Å². The zero-order valence-corrected chi connectivity index (χ0v) is 14.5. The molecule has 0 aliphatic heterocycles. The van der Waals surface area contributed by atoms with Crippen LogP contribution in [0.1, 0.15) is 53.9 Å². The predicted octanol–water partition coefficient (Wildman–Crippen LogP) is 1.79. The molecule has 2 amide bonds. The minimum absolute atomic E-state index is 0.0215. The van der Waals surface area contributed by atoms with Crippen LogP contribution in [0.15, 0.2) is 0 Å². The van der Waals surface area contributed by atoms with Gasteiger partial charge in [0.2, 0.25) is 5.91 Å². The Morgan fingerprint density at radius 3 is 2.50 bits per heavy atom. The van der Waals surface area contributed by atoms with E-state index in [1.165, 1.54) is 0 Å². The van der Waals surface area contributed by atoms with Gasteiger partial charge in [0.05, 0.1) is 6.04 Å². The molecule has 0 aromatic carbocycles. The fraction of sp³-hybridized carbons (Fsp3) is 0.875. The van der Waals surface area contributed by atoms with Gasteiger partial charge in [-0.2, -0.15) is 0 Å². The first-order chi connectivity index (χ1) is 10.2. The van der Waals surface area contributed by atoms with Gasteiger partial charge in [0.25, 0.3) is 0 Å². The lowest BCUT2D eigenvalue weighted by atomic mass is 10.0. The van der Waals surface area contributed by atoms with E-state index in [2.05, 4.69) is 16.0 Å². The molecule has 6 heteroatoms. The Balaban J connectivity index is 2.40. The van der Waals surface area contributed by atoms with Crippen LogP contribution in [0.3, 0.4) is 0 Å². The van der Waals surface area contributed by atoms with Crippen LogP contribution in [0.4, 0.5) is 4.79 Å². The van der Waals surface area contributed by atoms with E-state index in [1.54, 1.807) is 0 Å². The number of carbonyl (C=O) groups excluding carboxylic acids is 2. The van der Waals surface area contributed by atoms with E-state index in [0.717, 1.165) is 19.3 Å². The molecule has 3 unspecified atom stereocenters. The monoisotopic (exact) mass is 313 g/mol. The van der Waals surface area contributed by atoms with Crippen molar-refractivity contribution in [2.24, 2.45) is 5.92 Å². The van der Waals surface area contributed by atoms with Crippen molar-refractivity contribution in [3.8, 4) is 0 Å². The maximum Gasteiger partial charge on any atom is 0.407 e. The lowest BCUT2D eigenvalue weighted by molar-refractivity contribution is -0.122. The summed E-state index contributed by atoms with van der Waals surface area (Å²) in [4.78, 5) is 23.5. The van der Waals surface area contributed by atoms with Gasteiger partial charge in [-0.25, -0.2) is 4.79 Å². The Morgan fingerprint density at radius 1 is 1.23 bits per heavy atom. The molecule has 1 fully saturated rings. The Hall–Kier alpha value is -1.30. The quantitative estimate of drug-likeness (QED) is 0.698. The fourth-order valence-electron chi connectivity index (χ4n) is 2.75. The highest BCUT2D eigenvalue weighted by Gasteiger charge is 2.30. The number of hydrogen-bond acceptors (Lipinski definition) is 4. The molecule has 3 N–H and O–H groups in total. The molecule has 1 aliphatic rings. The van der Waals surface area contributed by atoms with E-state index >= 15 is 0 Å². The molecule has 0 spiro atoms. The molecule has 1 saturated carbocycles. The summed E-state index contributed by atoms with van der Waals surface area (Å²) in [6.07, 6.45) is 2.82. The minimum atomic E-state index is -0.482. The van der Waals surface area contributed by atoms with Gasteiger partial charge in [0.1, 0.15) is 5.60 Å². The summed E-state index contributed by atoms with van der Waals surface area (Å²) in [7, 11) is 0. The summed E-state index contributed by atoms with van der Waals surface area (Å²) in [5, 5.41) is 9.04. The number of ether oxygens (including phenoxy) is 1. The average molecular weight is 313 g/mol. The third kappa shape index (κ3) is 6.64. The predicted molar refractivity (Wildman–Crippen MR) is 86.6 cm³/mol. The van der Waals surface area contributed by atoms with Gasteiger partial charge in [0.15, 0.2) is 0 Å². The van der Waals surface area contributed by atoms with E-state index in [4.69, 9.17) is 4.74 Å². The number of amides is 2. The Morgan fingerprint density at radius 2 is 1.91 bits per heavy atom. The van der Waals surface area contributed by atoms with Gasteiger partial charge < -0.3 is 20.7 Å². The van der Waals surface area contributed by atoms with Crippen molar-refractivity contribution < 1.29 is 14.3 Å². The van der Waals surface area contributed by atoms with Crippen LogP contribution in [-0.4, -0.2) is 42.8 Å². The summed E-state index contributed by atoms with van der Waals surface area (Å²) >= 11 is 0. The van der Waals surface area contributed by atoms with Crippen LogP contribution in [0.5, 0.6) is 0 Å². The highest BCUT2D eigenvalue weighted by atomic mass is 16.6. The smallest absolute Gasteiger partial charge is 0.407 e. The SMILES string of the molecule is CCNC(=O)C(C)NC1CCCC1CNC(=O)OC(C)(C)C. The van der Waals surface area contributed by atoms with Crippen molar-refractivity contribution in [3.05, 3.63) is 0 Å². The number of carbonyl (C=O) groups is 2. The average Bonchev–Trinajstić information content (AvgIpc) is 2.82.